The van der Waals surface area contributed by atoms with E-state index in [0.717, 1.165) is 18.2 Å². The van der Waals surface area contributed by atoms with Gasteiger partial charge in [0, 0.05) is 17.6 Å². The maximum Gasteiger partial charge on any atom is 0.419 e. The van der Waals surface area contributed by atoms with E-state index in [9.17, 15) is 26.4 Å². The predicted molar refractivity (Wildman–Crippen MR) is 98.1 cm³/mol. The number of fused-ring (bicyclic) bond motifs is 1. The summed E-state index contributed by atoms with van der Waals surface area (Å²) >= 11 is 5.61. The molecule has 0 saturated carbocycles. The number of hydrogen-bond donors (Lipinski definition) is 1. The monoisotopic (exact) mass is 434 g/mol. The Labute approximate surface area is 162 Å². The lowest BCUT2D eigenvalue weighted by Crippen LogP contribution is -2.18. The van der Waals surface area contributed by atoms with Crippen molar-refractivity contribution in [2.45, 2.75) is 31.5 Å². The van der Waals surface area contributed by atoms with Crippen LogP contribution in [0.3, 0.4) is 0 Å². The largest absolute Gasteiger partial charge is 0.419 e. The molecule has 150 valence electrons. The molecule has 0 spiro atoms. The van der Waals surface area contributed by atoms with Gasteiger partial charge >= 0.3 is 11.9 Å². The fourth-order valence-corrected chi connectivity index (χ4v) is 4.32. The molecule has 0 saturated heterocycles. The van der Waals surface area contributed by atoms with Crippen LogP contribution in [0, 0.1) is 6.92 Å². The van der Waals surface area contributed by atoms with Gasteiger partial charge in [-0.2, -0.15) is 13.2 Å². The number of rotatable bonds is 4. The summed E-state index contributed by atoms with van der Waals surface area (Å²) in [6.07, 6.45) is -4.81. The third kappa shape index (κ3) is 3.61. The number of sulfonamides is 1. The van der Waals surface area contributed by atoms with E-state index >= 15 is 0 Å². The van der Waals surface area contributed by atoms with Crippen LogP contribution in [0.4, 0.5) is 18.9 Å². The number of benzene rings is 2. The summed E-state index contributed by atoms with van der Waals surface area (Å²) in [5.74, 6) is -0.656. The fraction of sp³-hybridized carbons (Fsp3) is 0.235. The van der Waals surface area contributed by atoms with E-state index in [1.165, 1.54) is 17.6 Å². The minimum absolute atomic E-state index is 0.0185. The minimum Gasteiger partial charge on any atom is -0.408 e. The van der Waals surface area contributed by atoms with Gasteiger partial charge in [-0.1, -0.05) is 11.6 Å². The Hall–Kier alpha value is -2.46. The molecule has 2 aromatic carbocycles. The van der Waals surface area contributed by atoms with Gasteiger partial charge in [0.2, 0.25) is 0 Å². The Kier molecular flexibility index (Phi) is 4.96. The van der Waals surface area contributed by atoms with Crippen molar-refractivity contribution < 1.29 is 26.0 Å². The van der Waals surface area contributed by atoms with Gasteiger partial charge in [0.15, 0.2) is 5.58 Å². The van der Waals surface area contributed by atoms with E-state index < -0.39 is 33.2 Å². The maximum atomic E-state index is 13.2. The van der Waals surface area contributed by atoms with Gasteiger partial charge in [-0.25, -0.2) is 13.2 Å². The van der Waals surface area contributed by atoms with Crippen LogP contribution in [0.5, 0.6) is 0 Å². The van der Waals surface area contributed by atoms with E-state index in [-0.39, 0.29) is 21.1 Å². The fourth-order valence-electron chi connectivity index (χ4n) is 2.82. The van der Waals surface area contributed by atoms with Crippen molar-refractivity contribution in [1.29, 1.82) is 0 Å². The van der Waals surface area contributed by atoms with Gasteiger partial charge in [0.1, 0.15) is 0 Å². The van der Waals surface area contributed by atoms with Crippen molar-refractivity contribution in [3.05, 3.63) is 57.0 Å². The number of nitrogens with zero attached hydrogens (tertiary/aromatic N) is 1. The zero-order chi connectivity index (χ0) is 20.9. The molecule has 3 rings (SSSR count). The lowest BCUT2D eigenvalue weighted by molar-refractivity contribution is -0.136. The Balaban J connectivity index is 2.12. The first-order valence-corrected chi connectivity index (χ1v) is 9.83. The van der Waals surface area contributed by atoms with Gasteiger partial charge < -0.3 is 4.42 Å². The average molecular weight is 435 g/mol. The Bertz CT molecular complexity index is 1230. The van der Waals surface area contributed by atoms with Gasteiger partial charge in [-0.05, 0) is 43.7 Å². The summed E-state index contributed by atoms with van der Waals surface area (Å²) in [6, 6.07) is 5.26. The molecule has 1 aromatic heterocycles. The summed E-state index contributed by atoms with van der Waals surface area (Å²) in [4.78, 5) is 11.5. The molecule has 0 atom stereocenters. The molecule has 1 heterocycles. The predicted octanol–water partition coefficient (Wildman–Crippen LogP) is 4.40. The van der Waals surface area contributed by atoms with Crippen LogP contribution in [-0.2, 0) is 22.7 Å². The molecular weight excluding hydrogens is 421 g/mol. The molecule has 11 heteroatoms. The number of nitrogens with one attached hydrogen (secondary N) is 1. The third-order valence-electron chi connectivity index (χ3n) is 4.10. The molecule has 0 fully saturated rings. The standard InChI is InChI=1S/C17H14ClF3N2O4S/c1-3-23-13-6-9(2)15(8-14(13)27-16(23)24)28(25,26)22-12-5-4-10(18)7-11(12)17(19,20)21/h4-8,22H,3H2,1-2H3. The first kappa shape index (κ1) is 20.3. The topological polar surface area (TPSA) is 81.3 Å². The van der Waals surface area contributed by atoms with Crippen molar-refractivity contribution in [3.63, 3.8) is 0 Å². The molecule has 0 amide bonds. The van der Waals surface area contributed by atoms with Gasteiger partial charge in [-0.3, -0.25) is 9.29 Å². The summed E-state index contributed by atoms with van der Waals surface area (Å²) in [5.41, 5.74) is -1.23. The number of alkyl halides is 3. The second kappa shape index (κ2) is 6.85. The SMILES string of the molecule is CCn1c(=O)oc2cc(S(=O)(=O)Nc3ccc(Cl)cc3C(F)(F)F)c(C)cc21. The molecule has 0 bridgehead atoms. The molecule has 0 radical (unpaired) electrons. The molecular formula is C17H14ClF3N2O4S. The summed E-state index contributed by atoms with van der Waals surface area (Å²) in [5, 5.41) is -0.185. The molecule has 28 heavy (non-hydrogen) atoms. The second-order valence-electron chi connectivity index (χ2n) is 5.99. The van der Waals surface area contributed by atoms with Crippen LogP contribution in [0.25, 0.3) is 11.1 Å². The van der Waals surface area contributed by atoms with Crippen molar-refractivity contribution >= 4 is 38.4 Å². The molecule has 3 aromatic rings. The normalized spacial score (nSPS) is 12.5. The van der Waals surface area contributed by atoms with E-state index in [2.05, 4.69) is 0 Å². The number of aryl methyl sites for hydroxylation is 2. The van der Waals surface area contributed by atoms with Crippen LogP contribution in [-0.4, -0.2) is 13.0 Å². The number of aromatic nitrogens is 1. The van der Waals surface area contributed by atoms with E-state index in [1.54, 1.807) is 6.92 Å². The van der Waals surface area contributed by atoms with Crippen molar-refractivity contribution in [1.82, 2.24) is 4.57 Å². The van der Waals surface area contributed by atoms with E-state index in [1.807, 2.05) is 4.72 Å². The summed E-state index contributed by atoms with van der Waals surface area (Å²) in [6.45, 7) is 3.50. The Morgan fingerprint density at radius 1 is 1.21 bits per heavy atom. The molecule has 0 aliphatic rings. The highest BCUT2D eigenvalue weighted by molar-refractivity contribution is 7.92. The van der Waals surface area contributed by atoms with E-state index in [4.69, 9.17) is 16.0 Å². The molecule has 1 N–H and O–H groups in total. The van der Waals surface area contributed by atoms with Gasteiger partial charge in [-0.15, -0.1) is 0 Å². The van der Waals surface area contributed by atoms with Crippen LogP contribution in [0.15, 0.2) is 44.4 Å². The number of anilines is 1. The molecule has 6 nitrogen and oxygen atoms in total. The van der Waals surface area contributed by atoms with E-state index in [0.29, 0.717) is 18.1 Å². The highest BCUT2D eigenvalue weighted by atomic mass is 35.5. The van der Waals surface area contributed by atoms with Crippen LogP contribution in [0.2, 0.25) is 5.02 Å². The summed E-state index contributed by atoms with van der Waals surface area (Å²) < 4.78 is 73.5. The zero-order valence-electron chi connectivity index (χ0n) is 14.6. The minimum atomic E-state index is -4.81. The maximum absolute atomic E-state index is 13.2. The number of hydrogen-bond acceptors (Lipinski definition) is 4. The number of halogens is 4. The molecule has 0 aliphatic heterocycles. The van der Waals surface area contributed by atoms with Crippen LogP contribution < -0.4 is 10.5 Å². The summed E-state index contributed by atoms with van der Waals surface area (Å²) in [7, 11) is -4.41. The zero-order valence-corrected chi connectivity index (χ0v) is 16.2. The lowest BCUT2D eigenvalue weighted by atomic mass is 10.2. The first-order valence-electron chi connectivity index (χ1n) is 7.97. The Morgan fingerprint density at radius 2 is 1.89 bits per heavy atom. The van der Waals surface area contributed by atoms with Crippen LogP contribution >= 0.6 is 11.6 Å². The van der Waals surface area contributed by atoms with Crippen LogP contribution in [0.1, 0.15) is 18.1 Å². The Morgan fingerprint density at radius 3 is 2.50 bits per heavy atom. The molecule has 0 unspecified atom stereocenters. The van der Waals surface area contributed by atoms with Crippen molar-refractivity contribution in [3.8, 4) is 0 Å². The highest BCUT2D eigenvalue weighted by Gasteiger charge is 2.35. The quantitative estimate of drug-likeness (QED) is 0.660. The molecule has 0 aliphatic carbocycles. The third-order valence-corrected chi connectivity index (χ3v) is 5.84. The second-order valence-corrected chi connectivity index (χ2v) is 8.08. The highest BCUT2D eigenvalue weighted by Crippen LogP contribution is 2.37. The average Bonchev–Trinajstić information content (AvgIpc) is 2.88. The number of oxazole rings is 1. The van der Waals surface area contributed by atoms with Crippen molar-refractivity contribution in [2.75, 3.05) is 4.72 Å². The van der Waals surface area contributed by atoms with Gasteiger partial charge in [0.05, 0.1) is 21.7 Å². The lowest BCUT2D eigenvalue weighted by Gasteiger charge is -2.16. The smallest absolute Gasteiger partial charge is 0.408 e. The van der Waals surface area contributed by atoms with Crippen molar-refractivity contribution in [2.24, 2.45) is 0 Å². The van der Waals surface area contributed by atoms with Gasteiger partial charge in [0.25, 0.3) is 10.0 Å². The first-order chi connectivity index (χ1) is 12.9.